The fraction of sp³-hybridized carbons (Fsp3) is 0.700. The van der Waals surface area contributed by atoms with E-state index in [1.54, 1.807) is 0 Å². The summed E-state index contributed by atoms with van der Waals surface area (Å²) in [5.41, 5.74) is 8.41. The standard InChI is InChI=1S/C10H17N3/c1-8-7-9(12-13(8)2)10(11)5-3-4-6-10/h7H,3-6,11H2,1-2H3. The van der Waals surface area contributed by atoms with Gasteiger partial charge in [-0.25, -0.2) is 0 Å². The second-order valence-electron chi connectivity index (χ2n) is 4.16. The topological polar surface area (TPSA) is 43.8 Å². The fourth-order valence-electron chi connectivity index (χ4n) is 2.07. The fourth-order valence-corrected chi connectivity index (χ4v) is 2.07. The molecular formula is C10H17N3. The predicted octanol–water partition coefficient (Wildman–Crippen LogP) is 1.46. The minimum Gasteiger partial charge on any atom is -0.320 e. The van der Waals surface area contributed by atoms with Crippen molar-refractivity contribution < 1.29 is 0 Å². The summed E-state index contributed by atoms with van der Waals surface area (Å²) in [7, 11) is 1.97. The first-order valence-corrected chi connectivity index (χ1v) is 4.92. The van der Waals surface area contributed by atoms with Crippen molar-refractivity contribution in [2.24, 2.45) is 12.8 Å². The Kier molecular flexibility index (Phi) is 1.91. The van der Waals surface area contributed by atoms with Gasteiger partial charge in [-0.2, -0.15) is 5.10 Å². The van der Waals surface area contributed by atoms with Crippen LogP contribution in [0, 0.1) is 6.92 Å². The van der Waals surface area contributed by atoms with E-state index >= 15 is 0 Å². The highest BCUT2D eigenvalue weighted by Crippen LogP contribution is 2.35. The van der Waals surface area contributed by atoms with E-state index in [0.29, 0.717) is 0 Å². The molecule has 1 saturated carbocycles. The summed E-state index contributed by atoms with van der Waals surface area (Å²) in [5.74, 6) is 0. The van der Waals surface area contributed by atoms with E-state index in [2.05, 4.69) is 18.1 Å². The van der Waals surface area contributed by atoms with Gasteiger partial charge in [0.05, 0.1) is 11.2 Å². The van der Waals surface area contributed by atoms with Crippen LogP contribution in [0.25, 0.3) is 0 Å². The largest absolute Gasteiger partial charge is 0.320 e. The molecule has 1 aliphatic rings. The first-order valence-electron chi connectivity index (χ1n) is 4.92. The van der Waals surface area contributed by atoms with E-state index in [9.17, 15) is 0 Å². The number of aryl methyl sites for hydroxylation is 2. The molecule has 2 rings (SSSR count). The third-order valence-electron chi connectivity index (χ3n) is 3.12. The molecule has 72 valence electrons. The molecule has 3 heteroatoms. The summed E-state index contributed by atoms with van der Waals surface area (Å²) in [6, 6.07) is 2.12. The zero-order chi connectivity index (χ0) is 9.47. The number of rotatable bonds is 1. The van der Waals surface area contributed by atoms with Crippen LogP contribution in [-0.4, -0.2) is 9.78 Å². The molecule has 0 spiro atoms. The maximum absolute atomic E-state index is 6.29. The molecule has 13 heavy (non-hydrogen) atoms. The molecule has 0 aromatic carbocycles. The van der Waals surface area contributed by atoms with Crippen molar-refractivity contribution >= 4 is 0 Å². The first kappa shape index (κ1) is 8.75. The molecule has 1 aliphatic carbocycles. The molecule has 0 atom stereocenters. The van der Waals surface area contributed by atoms with Gasteiger partial charge < -0.3 is 5.73 Å². The molecule has 0 radical (unpaired) electrons. The summed E-state index contributed by atoms with van der Waals surface area (Å²) in [6.45, 7) is 2.06. The molecule has 1 aromatic rings. The van der Waals surface area contributed by atoms with E-state index in [0.717, 1.165) is 18.5 Å². The number of aromatic nitrogens is 2. The van der Waals surface area contributed by atoms with Crippen LogP contribution in [0.1, 0.15) is 37.1 Å². The van der Waals surface area contributed by atoms with Crippen LogP contribution < -0.4 is 5.73 Å². The van der Waals surface area contributed by atoms with Crippen molar-refractivity contribution in [2.75, 3.05) is 0 Å². The van der Waals surface area contributed by atoms with Crippen LogP contribution in [0.2, 0.25) is 0 Å². The van der Waals surface area contributed by atoms with Gasteiger partial charge in [-0.05, 0) is 25.8 Å². The van der Waals surface area contributed by atoms with Gasteiger partial charge in [-0.3, -0.25) is 4.68 Å². The van der Waals surface area contributed by atoms with E-state index in [1.807, 2.05) is 11.7 Å². The van der Waals surface area contributed by atoms with Crippen molar-refractivity contribution in [3.05, 3.63) is 17.5 Å². The van der Waals surface area contributed by atoms with Crippen LogP contribution in [0.3, 0.4) is 0 Å². The Morgan fingerprint density at radius 2 is 2.08 bits per heavy atom. The van der Waals surface area contributed by atoms with Crippen molar-refractivity contribution in [3.63, 3.8) is 0 Å². The second-order valence-corrected chi connectivity index (χ2v) is 4.16. The molecule has 1 fully saturated rings. The number of hydrogen-bond donors (Lipinski definition) is 1. The third kappa shape index (κ3) is 1.37. The van der Waals surface area contributed by atoms with E-state index in [4.69, 9.17) is 5.73 Å². The highest BCUT2D eigenvalue weighted by molar-refractivity contribution is 5.19. The van der Waals surface area contributed by atoms with Gasteiger partial charge in [0.25, 0.3) is 0 Å². The Balaban J connectivity index is 2.34. The Hall–Kier alpha value is -0.830. The summed E-state index contributed by atoms with van der Waals surface area (Å²) < 4.78 is 1.91. The zero-order valence-electron chi connectivity index (χ0n) is 8.38. The third-order valence-corrected chi connectivity index (χ3v) is 3.12. The van der Waals surface area contributed by atoms with E-state index in [1.165, 1.54) is 18.5 Å². The molecule has 0 bridgehead atoms. The van der Waals surface area contributed by atoms with Gasteiger partial charge >= 0.3 is 0 Å². The first-order chi connectivity index (χ1) is 6.12. The molecule has 0 unspecified atom stereocenters. The van der Waals surface area contributed by atoms with Gasteiger partial charge in [-0.1, -0.05) is 12.8 Å². The lowest BCUT2D eigenvalue weighted by Gasteiger charge is -2.20. The van der Waals surface area contributed by atoms with Crippen molar-refractivity contribution in [2.45, 2.75) is 38.1 Å². The van der Waals surface area contributed by atoms with Crippen LogP contribution >= 0.6 is 0 Å². The monoisotopic (exact) mass is 179 g/mol. The smallest absolute Gasteiger partial charge is 0.0825 e. The van der Waals surface area contributed by atoms with Crippen LogP contribution in [-0.2, 0) is 12.6 Å². The van der Waals surface area contributed by atoms with Gasteiger partial charge in [0.15, 0.2) is 0 Å². The summed E-state index contributed by atoms with van der Waals surface area (Å²) in [4.78, 5) is 0. The normalized spacial score (nSPS) is 20.8. The minimum atomic E-state index is -0.133. The summed E-state index contributed by atoms with van der Waals surface area (Å²) in [5, 5.41) is 4.46. The molecule has 0 aliphatic heterocycles. The lowest BCUT2D eigenvalue weighted by molar-refractivity contribution is 0.441. The molecule has 1 heterocycles. The van der Waals surface area contributed by atoms with Crippen LogP contribution in [0.15, 0.2) is 6.07 Å². The number of nitrogens with two attached hydrogens (primary N) is 1. The average Bonchev–Trinajstić information content (AvgIpc) is 2.62. The average molecular weight is 179 g/mol. The molecule has 3 nitrogen and oxygen atoms in total. The number of nitrogens with zero attached hydrogens (tertiary/aromatic N) is 2. The van der Waals surface area contributed by atoms with Gasteiger partial charge in [0, 0.05) is 12.7 Å². The lowest BCUT2D eigenvalue weighted by Crippen LogP contribution is -2.33. The second kappa shape index (κ2) is 2.84. The zero-order valence-corrected chi connectivity index (χ0v) is 8.38. The SMILES string of the molecule is Cc1cc(C2(N)CCCC2)nn1C. The van der Waals surface area contributed by atoms with Gasteiger partial charge in [0.2, 0.25) is 0 Å². The van der Waals surface area contributed by atoms with E-state index < -0.39 is 0 Å². The van der Waals surface area contributed by atoms with Gasteiger partial charge in [0.1, 0.15) is 0 Å². The van der Waals surface area contributed by atoms with Gasteiger partial charge in [-0.15, -0.1) is 0 Å². The predicted molar refractivity (Wildman–Crippen MR) is 52.3 cm³/mol. The Bertz CT molecular complexity index is 288. The molecule has 0 saturated heterocycles. The summed E-state index contributed by atoms with van der Waals surface area (Å²) >= 11 is 0. The molecule has 1 aromatic heterocycles. The lowest BCUT2D eigenvalue weighted by atomic mass is 9.95. The van der Waals surface area contributed by atoms with E-state index in [-0.39, 0.29) is 5.54 Å². The Labute approximate surface area is 78.9 Å². The molecule has 2 N–H and O–H groups in total. The molecule has 0 amide bonds. The highest BCUT2D eigenvalue weighted by Gasteiger charge is 2.33. The maximum atomic E-state index is 6.29. The van der Waals surface area contributed by atoms with Crippen LogP contribution in [0.5, 0.6) is 0 Å². The van der Waals surface area contributed by atoms with Crippen molar-refractivity contribution in [1.29, 1.82) is 0 Å². The number of hydrogen-bond acceptors (Lipinski definition) is 2. The summed E-state index contributed by atoms with van der Waals surface area (Å²) in [6.07, 6.45) is 4.66. The highest BCUT2D eigenvalue weighted by atomic mass is 15.3. The quantitative estimate of drug-likeness (QED) is 0.709. The molecular weight excluding hydrogens is 162 g/mol. The van der Waals surface area contributed by atoms with Crippen molar-refractivity contribution in [3.8, 4) is 0 Å². The Morgan fingerprint density at radius 1 is 1.46 bits per heavy atom. The Morgan fingerprint density at radius 3 is 2.54 bits per heavy atom. The van der Waals surface area contributed by atoms with Crippen LogP contribution in [0.4, 0.5) is 0 Å². The van der Waals surface area contributed by atoms with Crippen molar-refractivity contribution in [1.82, 2.24) is 9.78 Å². The maximum Gasteiger partial charge on any atom is 0.0825 e. The minimum absolute atomic E-state index is 0.133.